The molecular formula is C23H23ClN2O7. The smallest absolute Gasteiger partial charge is 0.222 e. The van der Waals surface area contributed by atoms with Crippen LogP contribution in [0.4, 0.5) is 0 Å². The van der Waals surface area contributed by atoms with E-state index in [-0.39, 0.29) is 5.56 Å². The summed E-state index contributed by atoms with van der Waals surface area (Å²) < 4.78 is 11.1. The second-order valence-corrected chi connectivity index (χ2v) is 8.17. The van der Waals surface area contributed by atoms with Crippen molar-refractivity contribution >= 4 is 11.6 Å². The van der Waals surface area contributed by atoms with Crippen molar-refractivity contribution in [2.45, 2.75) is 36.6 Å². The van der Waals surface area contributed by atoms with Crippen LogP contribution in [0.15, 0.2) is 61.2 Å². The van der Waals surface area contributed by atoms with Gasteiger partial charge in [0.05, 0.1) is 19.0 Å². The summed E-state index contributed by atoms with van der Waals surface area (Å²) >= 11 is 6.36. The lowest BCUT2D eigenvalue weighted by atomic mass is 9.87. The minimum Gasteiger partial charge on any atom is -0.454 e. The summed E-state index contributed by atoms with van der Waals surface area (Å²) in [6, 6.07) is 11.8. The Bertz CT molecular complexity index is 1080. The van der Waals surface area contributed by atoms with E-state index in [1.54, 1.807) is 36.7 Å². The SMILES string of the molecule is OC[C@H]1O[C@@](O)(c2ccc(Cl)c(Cc3ccc(Oc4cncnc4)cc3)c2)[C@H](O)[C@@H](O)[C@@H]1O. The lowest BCUT2D eigenvalue weighted by Gasteiger charge is -2.45. The molecule has 0 amide bonds. The predicted molar refractivity (Wildman–Crippen MR) is 117 cm³/mol. The number of hydrogen-bond donors (Lipinski definition) is 5. The molecule has 0 unspecified atom stereocenters. The van der Waals surface area contributed by atoms with E-state index >= 15 is 0 Å². The average molecular weight is 475 g/mol. The average Bonchev–Trinajstić information content (AvgIpc) is 2.83. The van der Waals surface area contributed by atoms with Gasteiger partial charge in [-0.3, -0.25) is 0 Å². The van der Waals surface area contributed by atoms with Gasteiger partial charge in [-0.15, -0.1) is 0 Å². The van der Waals surface area contributed by atoms with Crippen LogP contribution >= 0.6 is 11.6 Å². The molecule has 1 aliphatic rings. The quantitative estimate of drug-likeness (QED) is 0.355. The molecule has 0 aliphatic carbocycles. The number of halogens is 1. The molecule has 9 nitrogen and oxygen atoms in total. The molecule has 3 aromatic rings. The Morgan fingerprint density at radius 1 is 0.970 bits per heavy atom. The Labute approximate surface area is 194 Å². The summed E-state index contributed by atoms with van der Waals surface area (Å²) in [5.41, 5.74) is 1.65. The Hall–Kier alpha value is -2.63. The van der Waals surface area contributed by atoms with E-state index in [0.29, 0.717) is 28.5 Å². The number of aliphatic hydroxyl groups is 5. The van der Waals surface area contributed by atoms with Gasteiger partial charge in [0.1, 0.15) is 36.5 Å². The number of aliphatic hydroxyl groups excluding tert-OH is 4. The highest BCUT2D eigenvalue weighted by Crippen LogP contribution is 2.38. The van der Waals surface area contributed by atoms with Crippen LogP contribution in [0.5, 0.6) is 11.5 Å². The second-order valence-electron chi connectivity index (χ2n) is 7.76. The topological polar surface area (TPSA) is 145 Å². The zero-order chi connectivity index (χ0) is 23.6. The largest absolute Gasteiger partial charge is 0.454 e. The minimum atomic E-state index is -2.35. The van der Waals surface area contributed by atoms with Crippen LogP contribution in [0.2, 0.25) is 5.02 Å². The molecule has 1 saturated heterocycles. The first-order valence-corrected chi connectivity index (χ1v) is 10.6. The second kappa shape index (κ2) is 9.70. The van der Waals surface area contributed by atoms with Crippen molar-refractivity contribution in [2.75, 3.05) is 6.61 Å². The van der Waals surface area contributed by atoms with Crippen LogP contribution in [-0.2, 0) is 16.9 Å². The fourth-order valence-corrected chi connectivity index (χ4v) is 3.88. The van der Waals surface area contributed by atoms with Crippen LogP contribution in [0.25, 0.3) is 0 Å². The van der Waals surface area contributed by atoms with Crippen LogP contribution in [0, 0.1) is 0 Å². The van der Waals surface area contributed by atoms with Crippen LogP contribution < -0.4 is 4.74 Å². The van der Waals surface area contributed by atoms with Gasteiger partial charge in [-0.1, -0.05) is 29.8 Å². The van der Waals surface area contributed by atoms with E-state index < -0.39 is 36.8 Å². The van der Waals surface area contributed by atoms with Crippen molar-refractivity contribution in [3.05, 3.63) is 82.9 Å². The highest BCUT2D eigenvalue weighted by Gasteiger charge is 2.53. The third kappa shape index (κ3) is 4.85. The molecule has 5 atom stereocenters. The Kier molecular flexibility index (Phi) is 6.91. The van der Waals surface area contributed by atoms with E-state index in [1.807, 2.05) is 12.1 Å². The van der Waals surface area contributed by atoms with E-state index in [9.17, 15) is 25.5 Å². The van der Waals surface area contributed by atoms with Gasteiger partial charge < -0.3 is 35.0 Å². The Morgan fingerprint density at radius 3 is 2.33 bits per heavy atom. The molecular weight excluding hydrogens is 452 g/mol. The standard InChI is InChI=1S/C23H23ClN2O7/c24-18-6-3-15(23(31)22(30)21(29)20(28)19(11-27)33-23)8-14(18)7-13-1-4-16(5-2-13)32-17-9-25-12-26-10-17/h1-6,8-10,12,19-22,27-31H,7,11H2/t19-,20-,21+,22-,23+/m1/s1. The molecule has 5 N–H and O–H groups in total. The summed E-state index contributed by atoms with van der Waals surface area (Å²) in [6.45, 7) is -0.656. The monoisotopic (exact) mass is 474 g/mol. The molecule has 2 aromatic carbocycles. The first-order valence-electron chi connectivity index (χ1n) is 10.2. The van der Waals surface area contributed by atoms with Gasteiger partial charge in [0, 0.05) is 10.6 Å². The van der Waals surface area contributed by atoms with E-state index in [0.717, 1.165) is 5.56 Å². The normalized spacial score (nSPS) is 27.3. The lowest BCUT2D eigenvalue weighted by Crippen LogP contribution is -2.63. The van der Waals surface area contributed by atoms with Gasteiger partial charge in [0.25, 0.3) is 0 Å². The molecule has 1 aliphatic heterocycles. The van der Waals surface area contributed by atoms with Crippen molar-refractivity contribution < 1.29 is 35.0 Å². The Morgan fingerprint density at radius 2 is 1.67 bits per heavy atom. The Balaban J connectivity index is 1.55. The molecule has 1 aromatic heterocycles. The first kappa shape index (κ1) is 23.5. The summed E-state index contributed by atoms with van der Waals surface area (Å²) in [4.78, 5) is 7.80. The van der Waals surface area contributed by atoms with Gasteiger partial charge in [0.15, 0.2) is 5.75 Å². The third-order valence-electron chi connectivity index (χ3n) is 5.52. The van der Waals surface area contributed by atoms with Crippen LogP contribution in [-0.4, -0.2) is 66.5 Å². The zero-order valence-corrected chi connectivity index (χ0v) is 18.1. The van der Waals surface area contributed by atoms with Gasteiger partial charge in [-0.2, -0.15) is 0 Å². The first-order chi connectivity index (χ1) is 15.8. The van der Waals surface area contributed by atoms with Crippen molar-refractivity contribution in [1.82, 2.24) is 9.97 Å². The van der Waals surface area contributed by atoms with E-state index in [2.05, 4.69) is 9.97 Å². The summed E-state index contributed by atoms with van der Waals surface area (Å²) in [5, 5.41) is 51.4. The fraction of sp³-hybridized carbons (Fsp3) is 0.304. The minimum absolute atomic E-state index is 0.128. The molecule has 2 heterocycles. The summed E-state index contributed by atoms with van der Waals surface area (Å²) in [7, 11) is 0. The van der Waals surface area contributed by atoms with Crippen molar-refractivity contribution in [3.63, 3.8) is 0 Å². The predicted octanol–water partition coefficient (Wildman–Crippen LogP) is 1.13. The van der Waals surface area contributed by atoms with E-state index in [4.69, 9.17) is 21.1 Å². The van der Waals surface area contributed by atoms with E-state index in [1.165, 1.54) is 12.4 Å². The van der Waals surface area contributed by atoms with Crippen molar-refractivity contribution in [2.24, 2.45) is 0 Å². The maximum Gasteiger partial charge on any atom is 0.222 e. The van der Waals surface area contributed by atoms with Crippen molar-refractivity contribution in [3.8, 4) is 11.5 Å². The number of rotatable bonds is 6. The molecule has 0 saturated carbocycles. The van der Waals surface area contributed by atoms with Gasteiger partial charge in [-0.05, 0) is 41.8 Å². The zero-order valence-electron chi connectivity index (χ0n) is 17.3. The number of ether oxygens (including phenoxy) is 2. The summed E-state index contributed by atoms with van der Waals surface area (Å²) in [6.07, 6.45) is -1.50. The van der Waals surface area contributed by atoms with Gasteiger partial charge in [-0.25, -0.2) is 9.97 Å². The van der Waals surface area contributed by atoms with Crippen molar-refractivity contribution in [1.29, 1.82) is 0 Å². The number of hydrogen-bond acceptors (Lipinski definition) is 9. The third-order valence-corrected chi connectivity index (χ3v) is 5.88. The fourth-order valence-electron chi connectivity index (χ4n) is 3.69. The summed E-state index contributed by atoms with van der Waals surface area (Å²) in [5.74, 6) is -1.24. The molecule has 4 rings (SSSR count). The van der Waals surface area contributed by atoms with Gasteiger partial charge in [0.2, 0.25) is 5.79 Å². The molecule has 33 heavy (non-hydrogen) atoms. The maximum atomic E-state index is 11.0. The molecule has 10 heteroatoms. The molecule has 0 spiro atoms. The number of benzene rings is 2. The molecule has 174 valence electrons. The highest BCUT2D eigenvalue weighted by atomic mass is 35.5. The number of nitrogens with zero attached hydrogens (tertiary/aromatic N) is 2. The van der Waals surface area contributed by atoms with Crippen LogP contribution in [0.3, 0.4) is 0 Å². The number of aromatic nitrogens is 2. The van der Waals surface area contributed by atoms with Gasteiger partial charge >= 0.3 is 0 Å². The maximum absolute atomic E-state index is 11.0. The lowest BCUT2D eigenvalue weighted by molar-refractivity contribution is -0.357. The highest BCUT2D eigenvalue weighted by molar-refractivity contribution is 6.31. The molecule has 1 fully saturated rings. The molecule has 0 radical (unpaired) electrons. The molecule has 0 bridgehead atoms. The van der Waals surface area contributed by atoms with Crippen LogP contribution in [0.1, 0.15) is 16.7 Å².